The summed E-state index contributed by atoms with van der Waals surface area (Å²) in [6.07, 6.45) is 4.58. The van der Waals surface area contributed by atoms with Gasteiger partial charge in [0.2, 0.25) is 0 Å². The summed E-state index contributed by atoms with van der Waals surface area (Å²) in [5.41, 5.74) is 2.11. The van der Waals surface area contributed by atoms with E-state index in [0.717, 1.165) is 36.8 Å². The third kappa shape index (κ3) is 2.47. The Bertz CT molecular complexity index is 826. The van der Waals surface area contributed by atoms with Crippen LogP contribution in [0.4, 0.5) is 0 Å². The van der Waals surface area contributed by atoms with Crippen molar-refractivity contribution in [3.05, 3.63) is 41.2 Å². The van der Waals surface area contributed by atoms with Gasteiger partial charge in [0.25, 0.3) is 0 Å². The zero-order valence-corrected chi connectivity index (χ0v) is 13.9. The van der Waals surface area contributed by atoms with Crippen molar-refractivity contribution in [2.75, 3.05) is 0 Å². The number of benzene rings is 1. The summed E-state index contributed by atoms with van der Waals surface area (Å²) < 4.78 is 28.2. The smallest absolute Gasteiger partial charge is 0.169 e. The molecule has 0 bridgehead atoms. The van der Waals surface area contributed by atoms with Crippen molar-refractivity contribution in [2.24, 2.45) is 0 Å². The molecule has 2 aliphatic rings. The second-order valence-electron chi connectivity index (χ2n) is 6.52. The Hall–Kier alpha value is -1.76. The molecule has 0 saturated heterocycles. The number of tetrazole rings is 1. The lowest BCUT2D eigenvalue weighted by Gasteiger charge is -2.27. The number of hydrogen-bond donors (Lipinski definition) is 0. The summed E-state index contributed by atoms with van der Waals surface area (Å²) in [5.74, 6) is 0.482. The van der Waals surface area contributed by atoms with E-state index in [0.29, 0.717) is 12.2 Å². The van der Waals surface area contributed by atoms with Gasteiger partial charge in [-0.1, -0.05) is 24.3 Å². The average molecular weight is 332 g/mol. The van der Waals surface area contributed by atoms with Gasteiger partial charge in [0, 0.05) is 0 Å². The maximum absolute atomic E-state index is 13.2. The van der Waals surface area contributed by atoms with Crippen molar-refractivity contribution in [1.29, 1.82) is 0 Å². The van der Waals surface area contributed by atoms with Crippen molar-refractivity contribution in [1.82, 2.24) is 20.2 Å². The van der Waals surface area contributed by atoms with Gasteiger partial charge in [0.05, 0.1) is 11.3 Å². The fraction of sp³-hybridized carbons (Fsp3) is 0.562. The quantitative estimate of drug-likeness (QED) is 0.860. The largest absolute Gasteiger partial charge is 0.227 e. The summed E-state index contributed by atoms with van der Waals surface area (Å²) in [7, 11) is -3.39. The lowest BCUT2D eigenvalue weighted by atomic mass is 9.91. The van der Waals surface area contributed by atoms with E-state index in [4.69, 9.17) is 0 Å². The van der Waals surface area contributed by atoms with E-state index in [1.54, 1.807) is 11.6 Å². The Morgan fingerprint density at radius 3 is 2.78 bits per heavy atom. The summed E-state index contributed by atoms with van der Waals surface area (Å²) in [4.78, 5) is 0. The predicted octanol–water partition coefficient (Wildman–Crippen LogP) is 2.56. The van der Waals surface area contributed by atoms with Crippen molar-refractivity contribution in [3.8, 4) is 0 Å². The molecule has 122 valence electrons. The zero-order chi connectivity index (χ0) is 16.0. The Labute approximate surface area is 135 Å². The van der Waals surface area contributed by atoms with E-state index < -0.39 is 20.3 Å². The molecule has 0 amide bonds. The molecule has 4 rings (SSSR count). The highest BCUT2D eigenvalue weighted by molar-refractivity contribution is 7.91. The molecule has 0 N–H and O–H groups in total. The predicted molar refractivity (Wildman–Crippen MR) is 85.5 cm³/mol. The third-order valence-corrected chi connectivity index (χ3v) is 7.46. The molecule has 2 aromatic rings. The van der Waals surface area contributed by atoms with Gasteiger partial charge < -0.3 is 0 Å². The van der Waals surface area contributed by atoms with Crippen molar-refractivity contribution in [3.63, 3.8) is 0 Å². The van der Waals surface area contributed by atoms with E-state index in [1.807, 2.05) is 24.3 Å². The molecule has 1 aromatic carbocycles. The molecule has 2 aliphatic carbocycles. The highest BCUT2D eigenvalue weighted by atomic mass is 32.2. The molecule has 7 heteroatoms. The second-order valence-corrected chi connectivity index (χ2v) is 8.98. The molecule has 2 atom stereocenters. The number of aryl methyl sites for hydroxylation is 1. The summed E-state index contributed by atoms with van der Waals surface area (Å²) in [6, 6.07) is 8.16. The van der Waals surface area contributed by atoms with Crippen molar-refractivity contribution in [2.45, 2.75) is 55.6 Å². The van der Waals surface area contributed by atoms with E-state index in [2.05, 4.69) is 15.5 Å². The summed E-state index contributed by atoms with van der Waals surface area (Å²) in [5, 5.41) is 10.6. The fourth-order valence-corrected chi connectivity index (χ4v) is 5.51. The maximum Gasteiger partial charge on any atom is 0.169 e. The van der Waals surface area contributed by atoms with E-state index in [9.17, 15) is 8.42 Å². The number of rotatable bonds is 4. The van der Waals surface area contributed by atoms with Crippen LogP contribution in [0.2, 0.25) is 0 Å². The highest BCUT2D eigenvalue weighted by Crippen LogP contribution is 2.42. The van der Waals surface area contributed by atoms with Crippen LogP contribution in [0.15, 0.2) is 24.3 Å². The second kappa shape index (κ2) is 5.40. The first kappa shape index (κ1) is 14.8. The molecule has 0 unspecified atom stereocenters. The molecule has 0 radical (unpaired) electrons. The molecular formula is C16H20N4O2S. The highest BCUT2D eigenvalue weighted by Gasteiger charge is 2.40. The Balaban J connectivity index is 1.72. The molecule has 23 heavy (non-hydrogen) atoms. The summed E-state index contributed by atoms with van der Waals surface area (Å²) in [6.45, 7) is 1.72. The molecule has 0 aliphatic heterocycles. The monoisotopic (exact) mass is 332 g/mol. The van der Waals surface area contributed by atoms with Crippen LogP contribution < -0.4 is 0 Å². The minimum absolute atomic E-state index is 0.274. The van der Waals surface area contributed by atoms with Crippen LogP contribution in [0.1, 0.15) is 66.1 Å². The van der Waals surface area contributed by atoms with Gasteiger partial charge in [0.15, 0.2) is 15.7 Å². The maximum atomic E-state index is 13.2. The molecular weight excluding hydrogens is 312 g/mol. The zero-order valence-electron chi connectivity index (χ0n) is 13.1. The van der Waals surface area contributed by atoms with Crippen LogP contribution in [-0.4, -0.2) is 28.6 Å². The van der Waals surface area contributed by atoms with Gasteiger partial charge in [0.1, 0.15) is 5.25 Å². The SMILES string of the molecule is C[C@H](c1nnnn1C1CC1)S(=O)(=O)[C@H]1CCCc2ccccc21. The van der Waals surface area contributed by atoms with Crippen molar-refractivity contribution < 1.29 is 8.42 Å². The van der Waals surface area contributed by atoms with Crippen molar-refractivity contribution >= 4 is 9.84 Å². The fourth-order valence-electron chi connectivity index (χ4n) is 3.49. The molecule has 6 nitrogen and oxygen atoms in total. The first-order valence-corrected chi connectivity index (χ1v) is 9.78. The number of fused-ring (bicyclic) bond motifs is 1. The Morgan fingerprint density at radius 1 is 1.22 bits per heavy atom. The first-order valence-electron chi connectivity index (χ1n) is 8.17. The van der Waals surface area contributed by atoms with Gasteiger partial charge in [-0.25, -0.2) is 13.1 Å². The standard InChI is InChI=1S/C16H20N4O2S/c1-11(16-17-18-19-20(16)13-9-10-13)23(21,22)15-8-4-6-12-5-2-3-7-14(12)15/h2-3,5,7,11,13,15H,4,6,8-10H2,1H3/t11-,15+/m1/s1. The molecule has 1 heterocycles. The molecule has 1 saturated carbocycles. The lowest BCUT2D eigenvalue weighted by Crippen LogP contribution is -2.25. The number of sulfone groups is 1. The van der Waals surface area contributed by atoms with Gasteiger partial charge in [-0.05, 0) is 60.6 Å². The van der Waals surface area contributed by atoms with Crippen LogP contribution in [0.3, 0.4) is 0 Å². The number of nitrogens with zero attached hydrogens (tertiary/aromatic N) is 4. The Morgan fingerprint density at radius 2 is 2.00 bits per heavy atom. The average Bonchev–Trinajstić information content (AvgIpc) is 3.30. The molecule has 1 aromatic heterocycles. The van der Waals surface area contributed by atoms with Gasteiger partial charge in [-0.3, -0.25) is 0 Å². The van der Waals surface area contributed by atoms with Crippen LogP contribution in [0.5, 0.6) is 0 Å². The van der Waals surface area contributed by atoms with E-state index in [-0.39, 0.29) is 6.04 Å². The number of aromatic nitrogens is 4. The Kier molecular flexibility index (Phi) is 3.48. The number of hydrogen-bond acceptors (Lipinski definition) is 5. The third-order valence-electron chi connectivity index (χ3n) is 4.98. The minimum Gasteiger partial charge on any atom is -0.227 e. The summed E-state index contributed by atoms with van der Waals surface area (Å²) >= 11 is 0. The normalized spacial score (nSPS) is 22.6. The van der Waals surface area contributed by atoms with E-state index in [1.165, 1.54) is 0 Å². The van der Waals surface area contributed by atoms with Gasteiger partial charge in [-0.2, -0.15) is 0 Å². The first-order chi connectivity index (χ1) is 11.1. The minimum atomic E-state index is -3.39. The van der Waals surface area contributed by atoms with Crippen LogP contribution in [-0.2, 0) is 16.3 Å². The van der Waals surface area contributed by atoms with Gasteiger partial charge >= 0.3 is 0 Å². The molecule has 1 fully saturated rings. The van der Waals surface area contributed by atoms with Crippen LogP contribution >= 0.6 is 0 Å². The molecule has 0 spiro atoms. The topological polar surface area (TPSA) is 77.7 Å². The van der Waals surface area contributed by atoms with E-state index >= 15 is 0 Å². The van der Waals surface area contributed by atoms with Crippen LogP contribution in [0.25, 0.3) is 0 Å². The lowest BCUT2D eigenvalue weighted by molar-refractivity contribution is 0.534. The van der Waals surface area contributed by atoms with Gasteiger partial charge in [-0.15, -0.1) is 5.10 Å². The van der Waals surface area contributed by atoms with Crippen LogP contribution in [0, 0.1) is 0 Å².